The van der Waals surface area contributed by atoms with Gasteiger partial charge in [0.2, 0.25) is 0 Å². The van der Waals surface area contributed by atoms with Crippen LogP contribution in [0.1, 0.15) is 51.4 Å². The molecular formula is C14H28N2O. The van der Waals surface area contributed by atoms with E-state index in [1.807, 2.05) is 0 Å². The second-order valence-corrected chi connectivity index (χ2v) is 5.95. The van der Waals surface area contributed by atoms with Crippen LogP contribution in [0.2, 0.25) is 0 Å². The van der Waals surface area contributed by atoms with Crippen molar-refractivity contribution in [2.24, 2.45) is 17.6 Å². The number of aliphatic hydroxyl groups is 1. The molecule has 2 rings (SSSR count). The number of aliphatic hydroxyl groups excluding tert-OH is 1. The number of hydrogen-bond donors (Lipinski definition) is 3. The van der Waals surface area contributed by atoms with Gasteiger partial charge in [0.15, 0.2) is 0 Å². The largest absolute Gasteiger partial charge is 0.396 e. The predicted molar refractivity (Wildman–Crippen MR) is 70.8 cm³/mol. The number of nitrogens with two attached hydrogens (primary N) is 1. The summed E-state index contributed by atoms with van der Waals surface area (Å²) in [4.78, 5) is 0. The van der Waals surface area contributed by atoms with Crippen LogP contribution in [0.5, 0.6) is 0 Å². The molecule has 0 heterocycles. The molecule has 2 fully saturated rings. The molecule has 0 aromatic carbocycles. The lowest BCUT2D eigenvalue weighted by Gasteiger charge is -2.51. The minimum atomic E-state index is 0.114. The van der Waals surface area contributed by atoms with E-state index in [2.05, 4.69) is 5.32 Å². The zero-order valence-electron chi connectivity index (χ0n) is 11.0. The molecule has 3 heteroatoms. The molecule has 2 saturated carbocycles. The Kier molecular flexibility index (Phi) is 4.83. The third-order valence-electron chi connectivity index (χ3n) is 4.98. The van der Waals surface area contributed by atoms with E-state index in [9.17, 15) is 0 Å². The van der Waals surface area contributed by atoms with Gasteiger partial charge in [0.25, 0.3) is 0 Å². The van der Waals surface area contributed by atoms with E-state index < -0.39 is 0 Å². The zero-order valence-corrected chi connectivity index (χ0v) is 11.0. The molecule has 0 bridgehead atoms. The lowest BCUT2D eigenvalue weighted by molar-refractivity contribution is 0.0518. The Morgan fingerprint density at radius 2 is 1.65 bits per heavy atom. The smallest absolute Gasteiger partial charge is 0.0443 e. The maximum atomic E-state index is 8.73. The number of rotatable bonds is 8. The summed E-state index contributed by atoms with van der Waals surface area (Å²) in [6, 6.07) is 0. The summed E-state index contributed by atoms with van der Waals surface area (Å²) in [7, 11) is 0. The molecule has 2 aliphatic carbocycles. The van der Waals surface area contributed by atoms with Gasteiger partial charge in [-0.05, 0) is 63.5 Å². The first-order chi connectivity index (χ1) is 8.27. The van der Waals surface area contributed by atoms with Crippen LogP contribution in [0.3, 0.4) is 0 Å². The van der Waals surface area contributed by atoms with E-state index in [4.69, 9.17) is 10.8 Å². The molecule has 100 valence electrons. The molecule has 3 nitrogen and oxygen atoms in total. The van der Waals surface area contributed by atoms with Crippen molar-refractivity contribution in [3.63, 3.8) is 0 Å². The van der Waals surface area contributed by atoms with Crippen LogP contribution in [0.4, 0.5) is 0 Å². The Morgan fingerprint density at radius 1 is 1.06 bits per heavy atom. The Hall–Kier alpha value is -0.120. The van der Waals surface area contributed by atoms with E-state index in [1.165, 1.54) is 38.5 Å². The van der Waals surface area contributed by atoms with Crippen LogP contribution in [-0.2, 0) is 0 Å². The fraction of sp³-hybridized carbons (Fsp3) is 1.00. The molecule has 0 aliphatic heterocycles. The molecule has 2 aliphatic rings. The third kappa shape index (κ3) is 3.01. The Balaban J connectivity index is 1.74. The quantitative estimate of drug-likeness (QED) is 0.565. The van der Waals surface area contributed by atoms with Crippen molar-refractivity contribution in [1.29, 1.82) is 0 Å². The maximum Gasteiger partial charge on any atom is 0.0443 e. The van der Waals surface area contributed by atoms with Gasteiger partial charge in [0.1, 0.15) is 0 Å². The molecule has 0 amide bonds. The molecule has 0 saturated heterocycles. The highest BCUT2D eigenvalue weighted by Crippen LogP contribution is 2.47. The zero-order chi connectivity index (χ0) is 12.1. The average Bonchev–Trinajstić information content (AvgIpc) is 2.11. The fourth-order valence-electron chi connectivity index (χ4n) is 3.27. The minimum absolute atomic E-state index is 0.114. The lowest BCUT2D eigenvalue weighted by Crippen LogP contribution is -2.58. The number of hydrogen-bond acceptors (Lipinski definition) is 3. The molecule has 0 aromatic rings. The standard InChI is InChI=1S/C14H28N2O/c15-14(12-4-1-5-12,13-6-2-7-13)8-10-16-9-3-11-17/h12-13,16-17H,1-11,15H2. The molecular weight excluding hydrogens is 212 g/mol. The van der Waals surface area contributed by atoms with Gasteiger partial charge >= 0.3 is 0 Å². The number of nitrogens with one attached hydrogen (secondary N) is 1. The average molecular weight is 240 g/mol. The summed E-state index contributed by atoms with van der Waals surface area (Å²) >= 11 is 0. The molecule has 0 spiro atoms. The van der Waals surface area contributed by atoms with Gasteiger partial charge in [-0.15, -0.1) is 0 Å². The summed E-state index contributed by atoms with van der Waals surface area (Å²) in [6.45, 7) is 2.22. The highest BCUT2D eigenvalue weighted by Gasteiger charge is 2.45. The summed E-state index contributed by atoms with van der Waals surface area (Å²) in [5, 5.41) is 12.1. The molecule has 17 heavy (non-hydrogen) atoms. The summed E-state index contributed by atoms with van der Waals surface area (Å²) < 4.78 is 0. The Bertz CT molecular complexity index is 210. The van der Waals surface area contributed by atoms with Crippen molar-refractivity contribution in [2.45, 2.75) is 56.9 Å². The van der Waals surface area contributed by atoms with Crippen molar-refractivity contribution in [1.82, 2.24) is 5.32 Å². The second kappa shape index (κ2) is 6.17. The van der Waals surface area contributed by atoms with Gasteiger partial charge < -0.3 is 16.2 Å². The third-order valence-corrected chi connectivity index (χ3v) is 4.98. The van der Waals surface area contributed by atoms with Crippen LogP contribution in [0, 0.1) is 11.8 Å². The topological polar surface area (TPSA) is 58.3 Å². The van der Waals surface area contributed by atoms with Gasteiger partial charge in [0, 0.05) is 12.1 Å². The highest BCUT2D eigenvalue weighted by molar-refractivity contribution is 5.02. The van der Waals surface area contributed by atoms with Gasteiger partial charge in [-0.1, -0.05) is 12.8 Å². The first-order valence-electron chi connectivity index (χ1n) is 7.38. The highest BCUT2D eigenvalue weighted by atomic mass is 16.3. The first-order valence-corrected chi connectivity index (χ1v) is 7.38. The van der Waals surface area contributed by atoms with E-state index in [0.717, 1.165) is 37.8 Å². The van der Waals surface area contributed by atoms with Gasteiger partial charge in [-0.2, -0.15) is 0 Å². The fourth-order valence-corrected chi connectivity index (χ4v) is 3.27. The van der Waals surface area contributed by atoms with Crippen molar-refractivity contribution in [3.05, 3.63) is 0 Å². The Morgan fingerprint density at radius 3 is 2.06 bits per heavy atom. The lowest BCUT2D eigenvalue weighted by atomic mass is 9.58. The maximum absolute atomic E-state index is 8.73. The SMILES string of the molecule is NC(CCNCCCO)(C1CCC1)C1CCC1. The van der Waals surface area contributed by atoms with Crippen LogP contribution in [-0.4, -0.2) is 30.3 Å². The molecule has 0 unspecified atom stereocenters. The van der Waals surface area contributed by atoms with E-state index in [1.54, 1.807) is 0 Å². The minimum Gasteiger partial charge on any atom is -0.396 e. The normalized spacial score (nSPS) is 22.2. The van der Waals surface area contributed by atoms with Gasteiger partial charge in [-0.25, -0.2) is 0 Å². The summed E-state index contributed by atoms with van der Waals surface area (Å²) in [5.74, 6) is 1.57. The van der Waals surface area contributed by atoms with Crippen LogP contribution in [0.25, 0.3) is 0 Å². The van der Waals surface area contributed by atoms with E-state index in [-0.39, 0.29) is 12.1 Å². The van der Waals surface area contributed by atoms with Crippen LogP contribution in [0.15, 0.2) is 0 Å². The molecule has 0 aromatic heterocycles. The van der Waals surface area contributed by atoms with Gasteiger partial charge in [0.05, 0.1) is 0 Å². The summed E-state index contributed by atoms with van der Waals surface area (Å²) in [6.07, 6.45) is 10.1. The van der Waals surface area contributed by atoms with Crippen molar-refractivity contribution >= 4 is 0 Å². The summed E-state index contributed by atoms with van der Waals surface area (Å²) in [5.41, 5.74) is 6.85. The van der Waals surface area contributed by atoms with Crippen molar-refractivity contribution < 1.29 is 5.11 Å². The molecule has 0 atom stereocenters. The van der Waals surface area contributed by atoms with Crippen LogP contribution >= 0.6 is 0 Å². The predicted octanol–water partition coefficient (Wildman–Crippen LogP) is 1.65. The van der Waals surface area contributed by atoms with Crippen molar-refractivity contribution in [3.8, 4) is 0 Å². The first kappa shape index (κ1) is 13.3. The Labute approximate surface area is 105 Å². The molecule has 0 radical (unpaired) electrons. The second-order valence-electron chi connectivity index (χ2n) is 5.95. The van der Waals surface area contributed by atoms with Crippen LogP contribution < -0.4 is 11.1 Å². The van der Waals surface area contributed by atoms with E-state index >= 15 is 0 Å². The van der Waals surface area contributed by atoms with E-state index in [0.29, 0.717) is 0 Å². The molecule has 4 N–H and O–H groups in total. The van der Waals surface area contributed by atoms with Crippen molar-refractivity contribution in [2.75, 3.05) is 19.7 Å². The van der Waals surface area contributed by atoms with Gasteiger partial charge in [-0.3, -0.25) is 0 Å². The monoisotopic (exact) mass is 240 g/mol.